The largest absolute Gasteiger partial charge is 0.493 e. The number of nitrogens with two attached hydrogens (primary N) is 1. The van der Waals surface area contributed by atoms with Crippen LogP contribution in [0.5, 0.6) is 11.5 Å². The second-order valence-electron chi connectivity index (χ2n) is 8.11. The molecule has 0 aromatic heterocycles. The summed E-state index contributed by atoms with van der Waals surface area (Å²) in [6.45, 7) is 1.94. The number of methoxy groups -OCH3 is 1. The summed E-state index contributed by atoms with van der Waals surface area (Å²) < 4.78 is 11.6. The summed E-state index contributed by atoms with van der Waals surface area (Å²) in [6.07, 6.45) is 4.84. The fraction of sp³-hybridized carbons (Fsp3) is 0.458. The van der Waals surface area contributed by atoms with Gasteiger partial charge in [-0.15, -0.1) is 12.4 Å². The Morgan fingerprint density at radius 1 is 1.07 bits per heavy atom. The maximum absolute atomic E-state index is 13.2. The SMILES string of the molecule is COc1cc(C(=O)N2C[C@@H](CN)[C@H](c3ccccc3)C2)ccc1OC1CCCC1.Cl. The standard InChI is InChI=1S/C24H30N2O3.ClH/c1-28-23-13-18(11-12-22(23)29-20-9-5-6-10-20)24(27)26-15-19(14-25)21(16-26)17-7-3-2-4-8-17;/h2-4,7-8,11-13,19-21H,5-6,9-10,14-16,25H2,1H3;1H/t19-,21+;/m1./s1. The Morgan fingerprint density at radius 3 is 2.47 bits per heavy atom. The smallest absolute Gasteiger partial charge is 0.254 e. The molecule has 1 amide bonds. The minimum atomic E-state index is 0. The second kappa shape index (κ2) is 10.2. The van der Waals surface area contributed by atoms with Crippen LogP contribution in [0, 0.1) is 5.92 Å². The van der Waals surface area contributed by atoms with Crippen LogP contribution in [0.4, 0.5) is 0 Å². The molecule has 1 aliphatic carbocycles. The first-order chi connectivity index (χ1) is 14.2. The van der Waals surface area contributed by atoms with Crippen LogP contribution in [0.15, 0.2) is 48.5 Å². The van der Waals surface area contributed by atoms with Gasteiger partial charge in [0.2, 0.25) is 0 Å². The number of amides is 1. The lowest BCUT2D eigenvalue weighted by molar-refractivity contribution is 0.0786. The second-order valence-corrected chi connectivity index (χ2v) is 8.11. The van der Waals surface area contributed by atoms with Gasteiger partial charge in [-0.05, 0) is 61.9 Å². The number of nitrogens with zero attached hydrogens (tertiary/aromatic N) is 1. The van der Waals surface area contributed by atoms with Crippen molar-refractivity contribution in [3.8, 4) is 11.5 Å². The molecule has 0 bridgehead atoms. The van der Waals surface area contributed by atoms with Gasteiger partial charge >= 0.3 is 0 Å². The predicted octanol–water partition coefficient (Wildman–Crippen LogP) is 4.25. The molecule has 2 aliphatic rings. The quantitative estimate of drug-likeness (QED) is 0.743. The van der Waals surface area contributed by atoms with Crippen LogP contribution in [0.1, 0.15) is 47.5 Å². The first kappa shape index (κ1) is 22.4. The molecular formula is C24H31ClN2O3. The zero-order valence-electron chi connectivity index (χ0n) is 17.5. The van der Waals surface area contributed by atoms with E-state index >= 15 is 0 Å². The van der Waals surface area contributed by atoms with E-state index in [4.69, 9.17) is 15.2 Å². The number of hydrogen-bond donors (Lipinski definition) is 1. The number of carbonyl (C=O) groups excluding carboxylic acids is 1. The number of rotatable bonds is 6. The van der Waals surface area contributed by atoms with Gasteiger partial charge < -0.3 is 20.1 Å². The van der Waals surface area contributed by atoms with Crippen molar-refractivity contribution in [1.82, 2.24) is 4.90 Å². The maximum Gasteiger partial charge on any atom is 0.254 e. The molecule has 1 aliphatic heterocycles. The minimum absolute atomic E-state index is 0. The molecule has 1 heterocycles. The van der Waals surface area contributed by atoms with Crippen LogP contribution in [0.2, 0.25) is 0 Å². The molecular weight excluding hydrogens is 400 g/mol. The number of halogens is 1. The number of hydrogen-bond acceptors (Lipinski definition) is 4. The maximum atomic E-state index is 13.2. The van der Waals surface area contributed by atoms with Crippen molar-refractivity contribution in [2.24, 2.45) is 11.7 Å². The zero-order chi connectivity index (χ0) is 20.2. The van der Waals surface area contributed by atoms with Crippen molar-refractivity contribution in [2.75, 3.05) is 26.7 Å². The number of carbonyl (C=O) groups is 1. The van der Waals surface area contributed by atoms with Gasteiger partial charge in [-0.25, -0.2) is 0 Å². The molecule has 2 aromatic carbocycles. The molecule has 0 unspecified atom stereocenters. The van der Waals surface area contributed by atoms with Gasteiger partial charge in [-0.3, -0.25) is 4.79 Å². The Kier molecular flexibility index (Phi) is 7.62. The average molecular weight is 431 g/mol. The lowest BCUT2D eigenvalue weighted by Gasteiger charge is -2.19. The van der Waals surface area contributed by atoms with Crippen molar-refractivity contribution in [3.05, 3.63) is 59.7 Å². The van der Waals surface area contributed by atoms with Gasteiger partial charge in [0.25, 0.3) is 5.91 Å². The van der Waals surface area contributed by atoms with Gasteiger partial charge in [0.05, 0.1) is 13.2 Å². The molecule has 30 heavy (non-hydrogen) atoms. The van der Waals surface area contributed by atoms with Gasteiger partial charge in [-0.2, -0.15) is 0 Å². The van der Waals surface area contributed by atoms with E-state index in [1.807, 2.05) is 35.2 Å². The van der Waals surface area contributed by atoms with E-state index in [1.54, 1.807) is 13.2 Å². The molecule has 1 saturated carbocycles. The number of ether oxygens (including phenoxy) is 2. The lowest BCUT2D eigenvalue weighted by atomic mass is 9.89. The Balaban J connectivity index is 0.00000256. The lowest BCUT2D eigenvalue weighted by Crippen LogP contribution is -2.29. The first-order valence-corrected chi connectivity index (χ1v) is 10.6. The van der Waals surface area contributed by atoms with E-state index < -0.39 is 0 Å². The van der Waals surface area contributed by atoms with Gasteiger partial charge in [-0.1, -0.05) is 30.3 Å². The van der Waals surface area contributed by atoms with Gasteiger partial charge in [0.15, 0.2) is 11.5 Å². The summed E-state index contributed by atoms with van der Waals surface area (Å²) in [7, 11) is 1.62. The summed E-state index contributed by atoms with van der Waals surface area (Å²) in [4.78, 5) is 15.1. The van der Waals surface area contributed by atoms with E-state index in [0.717, 1.165) is 18.6 Å². The Hall–Kier alpha value is -2.24. The molecule has 4 rings (SSSR count). The van der Waals surface area contributed by atoms with Crippen LogP contribution < -0.4 is 15.2 Å². The Labute approximate surface area is 184 Å². The fourth-order valence-electron chi connectivity index (χ4n) is 4.62. The minimum Gasteiger partial charge on any atom is -0.493 e. The van der Waals surface area contributed by atoms with Crippen molar-refractivity contribution in [1.29, 1.82) is 0 Å². The molecule has 5 nitrogen and oxygen atoms in total. The van der Waals surface area contributed by atoms with Crippen LogP contribution in [-0.4, -0.2) is 43.7 Å². The third-order valence-corrected chi connectivity index (χ3v) is 6.27. The van der Waals surface area contributed by atoms with Crippen molar-refractivity contribution < 1.29 is 14.3 Å². The van der Waals surface area contributed by atoms with Gasteiger partial charge in [0.1, 0.15) is 0 Å². The molecule has 2 N–H and O–H groups in total. The zero-order valence-corrected chi connectivity index (χ0v) is 18.3. The first-order valence-electron chi connectivity index (χ1n) is 10.6. The molecule has 0 spiro atoms. The summed E-state index contributed by atoms with van der Waals surface area (Å²) in [6, 6.07) is 15.9. The highest BCUT2D eigenvalue weighted by Gasteiger charge is 2.35. The summed E-state index contributed by atoms with van der Waals surface area (Å²) >= 11 is 0. The Morgan fingerprint density at radius 2 is 1.80 bits per heavy atom. The van der Waals surface area contributed by atoms with Crippen LogP contribution in [0.3, 0.4) is 0 Å². The number of benzene rings is 2. The van der Waals surface area contributed by atoms with Crippen molar-refractivity contribution in [2.45, 2.75) is 37.7 Å². The van der Waals surface area contributed by atoms with E-state index in [0.29, 0.717) is 30.9 Å². The Bertz CT molecular complexity index is 840. The molecule has 2 atom stereocenters. The molecule has 162 valence electrons. The van der Waals surface area contributed by atoms with E-state index in [2.05, 4.69) is 12.1 Å². The monoisotopic (exact) mass is 430 g/mol. The third kappa shape index (κ3) is 4.73. The predicted molar refractivity (Wildman–Crippen MR) is 121 cm³/mol. The summed E-state index contributed by atoms with van der Waals surface area (Å²) in [5.74, 6) is 1.91. The highest BCUT2D eigenvalue weighted by molar-refractivity contribution is 5.95. The van der Waals surface area contributed by atoms with Crippen LogP contribution >= 0.6 is 12.4 Å². The summed E-state index contributed by atoms with van der Waals surface area (Å²) in [5.41, 5.74) is 7.91. The molecule has 0 radical (unpaired) electrons. The average Bonchev–Trinajstić information content (AvgIpc) is 3.44. The normalized spacial score (nSPS) is 21.3. The highest BCUT2D eigenvalue weighted by Crippen LogP contribution is 2.35. The topological polar surface area (TPSA) is 64.8 Å². The fourth-order valence-corrected chi connectivity index (χ4v) is 4.62. The highest BCUT2D eigenvalue weighted by atomic mass is 35.5. The summed E-state index contributed by atoms with van der Waals surface area (Å²) in [5, 5.41) is 0. The van der Waals surface area contributed by atoms with Crippen molar-refractivity contribution >= 4 is 18.3 Å². The van der Waals surface area contributed by atoms with Crippen LogP contribution in [-0.2, 0) is 0 Å². The van der Waals surface area contributed by atoms with Crippen molar-refractivity contribution in [3.63, 3.8) is 0 Å². The van der Waals surface area contributed by atoms with Crippen LogP contribution in [0.25, 0.3) is 0 Å². The molecule has 2 fully saturated rings. The molecule has 1 saturated heterocycles. The third-order valence-electron chi connectivity index (χ3n) is 6.27. The number of likely N-dealkylation sites (tertiary alicyclic amines) is 1. The van der Waals surface area contributed by atoms with Gasteiger partial charge in [0, 0.05) is 24.6 Å². The molecule has 2 aromatic rings. The van der Waals surface area contributed by atoms with E-state index in [-0.39, 0.29) is 36.3 Å². The van der Waals surface area contributed by atoms with E-state index in [1.165, 1.54) is 18.4 Å². The van der Waals surface area contributed by atoms with E-state index in [9.17, 15) is 4.79 Å². The molecule has 6 heteroatoms.